The number of carbonyl (C=O) groups is 1. The summed E-state index contributed by atoms with van der Waals surface area (Å²) in [6.07, 6.45) is 0. The lowest BCUT2D eigenvalue weighted by molar-refractivity contribution is -0.147. The maximum atomic E-state index is 12.8. The van der Waals surface area contributed by atoms with Gasteiger partial charge in [0.2, 0.25) is 0 Å². The van der Waals surface area contributed by atoms with E-state index in [0.29, 0.717) is 0 Å². The van der Waals surface area contributed by atoms with E-state index in [1.54, 1.807) is 19.1 Å². The van der Waals surface area contributed by atoms with Gasteiger partial charge < -0.3 is 4.74 Å². The number of nitrogens with one attached hydrogen (secondary N) is 1. The molecule has 0 fully saturated rings. The van der Waals surface area contributed by atoms with E-state index in [0.717, 1.165) is 5.56 Å². The zero-order valence-electron chi connectivity index (χ0n) is 12.8. The molecule has 0 saturated carbocycles. The molecule has 0 heterocycles. The number of rotatable bonds is 6. The lowest BCUT2D eigenvalue weighted by Crippen LogP contribution is -2.48. The van der Waals surface area contributed by atoms with Crippen molar-refractivity contribution in [2.24, 2.45) is 5.41 Å². The van der Waals surface area contributed by atoms with E-state index in [-0.39, 0.29) is 18.2 Å². The van der Waals surface area contributed by atoms with Crippen LogP contribution in [0.2, 0.25) is 0 Å². The smallest absolute Gasteiger partial charge is 0.324 e. The first-order valence-corrected chi connectivity index (χ1v) is 8.11. The number of hydrogen-bond acceptors (Lipinski definition) is 3. The van der Waals surface area contributed by atoms with Crippen LogP contribution in [0.3, 0.4) is 0 Å². The molecule has 1 rings (SSSR count). The Balaban J connectivity index is 2.72. The van der Waals surface area contributed by atoms with Gasteiger partial charge in [-0.25, -0.2) is 13.3 Å². The molecule has 0 radical (unpaired) electrons. The Morgan fingerprint density at radius 3 is 2.38 bits per heavy atom. The fraction of sp³-hybridized carbons (Fsp3) is 0.533. The van der Waals surface area contributed by atoms with Crippen molar-refractivity contribution in [2.45, 2.75) is 39.5 Å². The maximum Gasteiger partial charge on any atom is 0.324 e. The Morgan fingerprint density at radius 2 is 1.90 bits per heavy atom. The van der Waals surface area contributed by atoms with E-state index >= 15 is 0 Å². The number of carbonyl (C=O) groups excluding carboxylic acids is 1. The van der Waals surface area contributed by atoms with Gasteiger partial charge in [-0.3, -0.25) is 4.79 Å². The Kier molecular flexibility index (Phi) is 6.48. The fourth-order valence-corrected chi connectivity index (χ4v) is 3.00. The first kappa shape index (κ1) is 17.8. The second kappa shape index (κ2) is 7.66. The highest BCUT2D eigenvalue weighted by Crippen LogP contribution is 2.21. The molecule has 0 bridgehead atoms. The van der Waals surface area contributed by atoms with Gasteiger partial charge in [-0.05, 0) is 30.0 Å². The average Bonchev–Trinajstić information content (AvgIpc) is 2.37. The van der Waals surface area contributed by atoms with Gasteiger partial charge in [-0.2, -0.15) is 0 Å². The minimum absolute atomic E-state index is 0.201. The van der Waals surface area contributed by atoms with E-state index < -0.39 is 28.4 Å². The third kappa shape index (κ3) is 5.93. The second-order valence-corrected chi connectivity index (χ2v) is 7.00. The quantitative estimate of drug-likeness (QED) is 0.821. The lowest BCUT2D eigenvalue weighted by atomic mass is 9.87. The first-order chi connectivity index (χ1) is 9.74. The number of benzene rings is 1. The molecule has 0 spiro atoms. The van der Waals surface area contributed by atoms with Gasteiger partial charge in [0.1, 0.15) is 11.9 Å². The van der Waals surface area contributed by atoms with Crippen LogP contribution in [-0.4, -0.2) is 22.8 Å². The highest BCUT2D eigenvalue weighted by Gasteiger charge is 2.33. The van der Waals surface area contributed by atoms with Crippen LogP contribution in [0.25, 0.3) is 0 Å². The van der Waals surface area contributed by atoms with Crippen LogP contribution >= 0.6 is 0 Å². The largest absolute Gasteiger partial charge is 0.465 e. The van der Waals surface area contributed by atoms with Crippen LogP contribution in [0, 0.1) is 11.2 Å². The molecule has 0 unspecified atom stereocenters. The summed E-state index contributed by atoms with van der Waals surface area (Å²) in [6.45, 7) is 7.62. The van der Waals surface area contributed by atoms with Gasteiger partial charge in [0.15, 0.2) is 0 Å². The second-order valence-electron chi connectivity index (χ2n) is 5.79. The Hall–Kier alpha value is -1.27. The van der Waals surface area contributed by atoms with E-state index in [9.17, 15) is 13.4 Å². The molecule has 0 aliphatic rings. The molecule has 1 N–H and O–H groups in total. The highest BCUT2D eigenvalue weighted by atomic mass is 32.2. The molecule has 1 aromatic rings. The average molecular weight is 315 g/mol. The number of hydrogen-bond donors (Lipinski definition) is 1. The predicted octanol–water partition coefficient (Wildman–Crippen LogP) is 2.56. The molecule has 4 nitrogen and oxygen atoms in total. The molecule has 6 heteroatoms. The summed E-state index contributed by atoms with van der Waals surface area (Å²) in [4.78, 5) is 12.0. The van der Waals surface area contributed by atoms with Gasteiger partial charge in [-0.15, -0.1) is 0 Å². The molecule has 0 amide bonds. The van der Waals surface area contributed by atoms with Crippen molar-refractivity contribution in [3.63, 3.8) is 0 Å². The minimum Gasteiger partial charge on any atom is -0.465 e. The highest BCUT2D eigenvalue weighted by molar-refractivity contribution is 7.82. The van der Waals surface area contributed by atoms with Crippen molar-refractivity contribution in [1.29, 1.82) is 0 Å². The standard InChI is InChI=1S/C15H22FNO3S/c1-5-20-14(18)13(15(2,3)4)17-21(19)10-11-6-8-12(16)9-7-11/h6-9,13,17H,5,10H2,1-4H3/t13-,21+/m1/s1. The van der Waals surface area contributed by atoms with Crippen molar-refractivity contribution in [1.82, 2.24) is 4.72 Å². The zero-order chi connectivity index (χ0) is 16.0. The summed E-state index contributed by atoms with van der Waals surface area (Å²) in [5.41, 5.74) is 0.309. The zero-order valence-corrected chi connectivity index (χ0v) is 13.6. The van der Waals surface area contributed by atoms with Crippen LogP contribution < -0.4 is 4.72 Å². The molecule has 21 heavy (non-hydrogen) atoms. The van der Waals surface area contributed by atoms with E-state index in [1.807, 2.05) is 20.8 Å². The normalized spacial score (nSPS) is 14.5. The van der Waals surface area contributed by atoms with E-state index in [4.69, 9.17) is 4.74 Å². The summed E-state index contributed by atoms with van der Waals surface area (Å²) in [5.74, 6) is -0.555. The third-order valence-electron chi connectivity index (χ3n) is 2.85. The molecule has 2 atom stereocenters. The number of ether oxygens (including phenoxy) is 1. The van der Waals surface area contributed by atoms with Gasteiger partial charge in [0, 0.05) is 0 Å². The molecule has 0 aromatic heterocycles. The fourth-order valence-electron chi connectivity index (χ4n) is 1.71. The lowest BCUT2D eigenvalue weighted by Gasteiger charge is -2.28. The van der Waals surface area contributed by atoms with Gasteiger partial charge >= 0.3 is 5.97 Å². The van der Waals surface area contributed by atoms with E-state index in [2.05, 4.69) is 4.72 Å². The van der Waals surface area contributed by atoms with Crippen molar-refractivity contribution >= 4 is 17.0 Å². The van der Waals surface area contributed by atoms with Crippen LogP contribution in [0.5, 0.6) is 0 Å². The van der Waals surface area contributed by atoms with Crippen molar-refractivity contribution < 1.29 is 18.1 Å². The van der Waals surface area contributed by atoms with Gasteiger partial charge in [0.25, 0.3) is 0 Å². The molecule has 0 saturated heterocycles. The number of esters is 1. The SMILES string of the molecule is CCOC(=O)[C@@H](N[S@@](=O)Cc1ccc(F)cc1)C(C)(C)C. The molecule has 0 aliphatic heterocycles. The van der Waals surface area contributed by atoms with Gasteiger partial charge in [-0.1, -0.05) is 32.9 Å². The summed E-state index contributed by atoms with van der Waals surface area (Å²) in [5, 5.41) is 0. The third-order valence-corrected chi connectivity index (χ3v) is 3.94. The molecular formula is C15H22FNO3S. The van der Waals surface area contributed by atoms with Crippen molar-refractivity contribution in [3.8, 4) is 0 Å². The Morgan fingerprint density at radius 1 is 1.33 bits per heavy atom. The molecule has 1 aromatic carbocycles. The molecule has 0 aliphatic carbocycles. The summed E-state index contributed by atoms with van der Waals surface area (Å²) in [6, 6.07) is 5.12. The Labute approximate surface area is 127 Å². The van der Waals surface area contributed by atoms with E-state index in [1.165, 1.54) is 12.1 Å². The predicted molar refractivity (Wildman–Crippen MR) is 81.3 cm³/mol. The van der Waals surface area contributed by atoms with Crippen molar-refractivity contribution in [3.05, 3.63) is 35.6 Å². The monoisotopic (exact) mass is 315 g/mol. The minimum atomic E-state index is -1.45. The maximum absolute atomic E-state index is 12.8. The summed E-state index contributed by atoms with van der Waals surface area (Å²) in [7, 11) is -1.45. The van der Waals surface area contributed by atoms with Crippen molar-refractivity contribution in [2.75, 3.05) is 6.61 Å². The van der Waals surface area contributed by atoms with Crippen LogP contribution in [0.15, 0.2) is 24.3 Å². The van der Waals surface area contributed by atoms with Crippen LogP contribution in [-0.2, 0) is 26.3 Å². The topological polar surface area (TPSA) is 55.4 Å². The first-order valence-electron chi connectivity index (χ1n) is 6.79. The molecular weight excluding hydrogens is 293 g/mol. The summed E-state index contributed by atoms with van der Waals surface area (Å²) < 4.78 is 32.8. The van der Waals surface area contributed by atoms with Crippen LogP contribution in [0.4, 0.5) is 4.39 Å². The Bertz CT molecular complexity index is 497. The summed E-state index contributed by atoms with van der Waals surface area (Å²) >= 11 is 0. The molecule has 118 valence electrons. The van der Waals surface area contributed by atoms with Crippen LogP contribution in [0.1, 0.15) is 33.3 Å². The number of halogens is 1. The van der Waals surface area contributed by atoms with Gasteiger partial charge in [0.05, 0.1) is 23.3 Å².